The number of rotatable bonds is 12. The lowest BCUT2D eigenvalue weighted by Gasteiger charge is -2.14. The predicted molar refractivity (Wildman–Crippen MR) is 161 cm³/mol. The molecule has 0 aliphatic carbocycles. The van der Waals surface area contributed by atoms with Gasteiger partial charge in [0, 0.05) is 44.0 Å². The van der Waals surface area contributed by atoms with E-state index in [1.165, 1.54) is 23.1 Å². The van der Waals surface area contributed by atoms with E-state index in [2.05, 4.69) is 43.8 Å². The van der Waals surface area contributed by atoms with Gasteiger partial charge >= 0.3 is 0 Å². The molecule has 2 aromatic carbocycles. The highest BCUT2D eigenvalue weighted by molar-refractivity contribution is 5.91. The first-order chi connectivity index (χ1) is 20.2. The molecule has 0 saturated heterocycles. The molecule has 0 atom stereocenters. The van der Waals surface area contributed by atoms with Crippen molar-refractivity contribution >= 4 is 35.0 Å². The molecule has 3 aromatic rings. The number of aromatic nitrogens is 2. The maximum absolute atomic E-state index is 13.6. The molecule has 1 aromatic heterocycles. The second-order valence-corrected chi connectivity index (χ2v) is 9.52. The van der Waals surface area contributed by atoms with E-state index in [0.717, 1.165) is 0 Å². The van der Waals surface area contributed by atoms with Crippen molar-refractivity contribution in [2.75, 3.05) is 51.4 Å². The van der Waals surface area contributed by atoms with Gasteiger partial charge in [-0.3, -0.25) is 9.59 Å². The summed E-state index contributed by atoms with van der Waals surface area (Å²) in [6.07, 6.45) is 5.89. The maximum atomic E-state index is 13.6. The van der Waals surface area contributed by atoms with E-state index < -0.39 is 0 Å². The molecule has 0 fully saturated rings. The fraction of sp³-hybridized carbons (Fsp3) is 0.258. The fourth-order valence-electron chi connectivity index (χ4n) is 3.49. The third kappa shape index (κ3) is 10.7. The smallest absolute Gasteiger partial charge is 0.246 e. The minimum absolute atomic E-state index is 0.0332. The molecular weight excluding hydrogens is 535 g/mol. The van der Waals surface area contributed by atoms with Crippen LogP contribution < -0.4 is 16.0 Å². The molecule has 3 rings (SSSR count). The Balaban J connectivity index is 1.58. The monoisotopic (exact) mass is 568 g/mol. The van der Waals surface area contributed by atoms with Crippen molar-refractivity contribution in [1.82, 2.24) is 25.1 Å². The average molecular weight is 569 g/mol. The zero-order valence-corrected chi connectivity index (χ0v) is 23.8. The van der Waals surface area contributed by atoms with Crippen LogP contribution in [-0.2, 0) is 9.59 Å². The van der Waals surface area contributed by atoms with Crippen molar-refractivity contribution in [2.45, 2.75) is 12.8 Å². The number of carbonyl (C=O) groups excluding carboxylic acids is 2. The summed E-state index contributed by atoms with van der Waals surface area (Å²) >= 11 is 0. The third-order valence-electron chi connectivity index (χ3n) is 5.66. The second kappa shape index (κ2) is 16.1. The number of nitrogens with zero attached hydrogens (tertiary/aromatic N) is 5. The largest absolute Gasteiger partial charge is 0.355 e. The van der Waals surface area contributed by atoms with E-state index in [1.807, 2.05) is 19.0 Å². The SMILES string of the molecule is CN(C)C/C=C/C(=O)N(C)CC(=O)NCCCC#Cc1cnc(Nc2cccc(F)c2)nc1Nc1ccc(C#N)cc1. The van der Waals surface area contributed by atoms with Crippen LogP contribution in [0.4, 0.5) is 27.5 Å². The van der Waals surface area contributed by atoms with Gasteiger partial charge in [0.05, 0.1) is 29.9 Å². The molecule has 0 radical (unpaired) electrons. The molecule has 216 valence electrons. The maximum Gasteiger partial charge on any atom is 0.246 e. The quantitative estimate of drug-likeness (QED) is 0.171. The number of likely N-dealkylation sites (N-methyl/N-ethyl adjacent to an activating group) is 2. The molecule has 3 N–H and O–H groups in total. The standard InChI is InChI=1S/C31H33FN8O2/c1-39(2)18-8-12-29(42)40(3)22-28(41)34-17-6-4-5-9-24-21-35-31(37-27-11-7-10-25(32)19-27)38-30(24)36-26-15-13-23(20-33)14-16-26/h7-8,10-16,19,21H,4,6,17-18,22H2,1-3H3,(H,34,41)(H2,35,36,37,38)/b12-8+. The third-order valence-corrected chi connectivity index (χ3v) is 5.66. The summed E-state index contributed by atoms with van der Waals surface area (Å²) in [7, 11) is 5.39. The van der Waals surface area contributed by atoms with E-state index in [-0.39, 0.29) is 30.1 Å². The zero-order chi connectivity index (χ0) is 30.3. The molecule has 0 unspecified atom stereocenters. The Morgan fingerprint density at radius 2 is 1.86 bits per heavy atom. The van der Waals surface area contributed by atoms with Gasteiger partial charge < -0.3 is 25.8 Å². The summed E-state index contributed by atoms with van der Waals surface area (Å²) in [5.74, 6) is 5.96. The van der Waals surface area contributed by atoms with Crippen molar-refractivity contribution in [3.63, 3.8) is 0 Å². The van der Waals surface area contributed by atoms with Crippen LogP contribution in [0.25, 0.3) is 0 Å². The van der Waals surface area contributed by atoms with Gasteiger partial charge in [0.1, 0.15) is 5.82 Å². The number of hydrogen-bond donors (Lipinski definition) is 3. The number of nitriles is 1. The number of unbranched alkanes of at least 4 members (excludes halogenated alkanes) is 1. The Labute approximate surface area is 245 Å². The number of benzene rings is 2. The Morgan fingerprint density at radius 1 is 1.07 bits per heavy atom. The van der Waals surface area contributed by atoms with Gasteiger partial charge in [0.25, 0.3) is 0 Å². The van der Waals surface area contributed by atoms with Crippen molar-refractivity contribution in [2.24, 2.45) is 0 Å². The van der Waals surface area contributed by atoms with Gasteiger partial charge in [-0.1, -0.05) is 24.0 Å². The average Bonchev–Trinajstić information content (AvgIpc) is 2.96. The van der Waals surface area contributed by atoms with Crippen LogP contribution in [0, 0.1) is 29.0 Å². The van der Waals surface area contributed by atoms with Crippen LogP contribution >= 0.6 is 0 Å². The molecule has 0 aliphatic heterocycles. The first kappa shape index (κ1) is 31.3. The van der Waals surface area contributed by atoms with Crippen molar-refractivity contribution in [3.8, 4) is 17.9 Å². The van der Waals surface area contributed by atoms with E-state index in [9.17, 15) is 14.0 Å². The first-order valence-electron chi connectivity index (χ1n) is 13.2. The molecule has 10 nitrogen and oxygen atoms in total. The van der Waals surface area contributed by atoms with Crippen LogP contribution in [-0.4, -0.2) is 72.4 Å². The van der Waals surface area contributed by atoms with Gasteiger partial charge in [-0.25, -0.2) is 9.37 Å². The Hall–Kier alpha value is -5.26. The van der Waals surface area contributed by atoms with Gasteiger partial charge in [-0.2, -0.15) is 10.2 Å². The van der Waals surface area contributed by atoms with Crippen LogP contribution in [0.5, 0.6) is 0 Å². The summed E-state index contributed by atoms with van der Waals surface area (Å²) in [6, 6.07) is 14.9. The van der Waals surface area contributed by atoms with Crippen molar-refractivity contribution in [3.05, 3.63) is 83.8 Å². The Bertz CT molecular complexity index is 1500. The molecule has 0 aliphatic rings. The molecule has 0 bridgehead atoms. The number of carbonyl (C=O) groups is 2. The van der Waals surface area contributed by atoms with Crippen molar-refractivity contribution < 1.29 is 14.0 Å². The zero-order valence-electron chi connectivity index (χ0n) is 23.8. The summed E-state index contributed by atoms with van der Waals surface area (Å²) in [5.41, 5.74) is 2.26. The van der Waals surface area contributed by atoms with Gasteiger partial charge in [-0.15, -0.1) is 0 Å². The lowest BCUT2D eigenvalue weighted by Crippen LogP contribution is -2.38. The van der Waals surface area contributed by atoms with E-state index >= 15 is 0 Å². The summed E-state index contributed by atoms with van der Waals surface area (Å²) in [6.45, 7) is 1.02. The van der Waals surface area contributed by atoms with E-state index in [1.54, 1.807) is 55.7 Å². The van der Waals surface area contributed by atoms with Gasteiger partial charge in [0.2, 0.25) is 17.8 Å². The normalized spacial score (nSPS) is 10.5. The lowest BCUT2D eigenvalue weighted by molar-refractivity contribution is -0.131. The number of amides is 2. The van der Waals surface area contributed by atoms with Crippen molar-refractivity contribution in [1.29, 1.82) is 5.26 Å². The molecule has 2 amide bonds. The molecule has 1 heterocycles. The minimum Gasteiger partial charge on any atom is -0.355 e. The summed E-state index contributed by atoms with van der Waals surface area (Å²) < 4.78 is 13.6. The first-order valence-corrected chi connectivity index (χ1v) is 13.2. The number of halogens is 1. The van der Waals surface area contributed by atoms with Crippen LogP contribution in [0.1, 0.15) is 24.0 Å². The molecular formula is C31H33FN8O2. The Morgan fingerprint density at radius 3 is 2.57 bits per heavy atom. The number of nitrogens with one attached hydrogen (secondary N) is 3. The minimum atomic E-state index is -0.386. The number of anilines is 4. The van der Waals surface area contributed by atoms with Gasteiger partial charge in [0.15, 0.2) is 5.82 Å². The molecule has 42 heavy (non-hydrogen) atoms. The van der Waals surface area contributed by atoms with Crippen LogP contribution in [0.3, 0.4) is 0 Å². The molecule has 0 saturated carbocycles. The summed E-state index contributed by atoms with van der Waals surface area (Å²) in [4.78, 5) is 36.4. The number of hydrogen-bond acceptors (Lipinski definition) is 8. The molecule has 11 heteroatoms. The molecule has 0 spiro atoms. The highest BCUT2D eigenvalue weighted by Gasteiger charge is 2.10. The topological polar surface area (TPSA) is 126 Å². The van der Waals surface area contributed by atoms with E-state index in [4.69, 9.17) is 5.26 Å². The van der Waals surface area contributed by atoms with E-state index in [0.29, 0.717) is 54.3 Å². The van der Waals surface area contributed by atoms with Gasteiger partial charge in [-0.05, 0) is 63.0 Å². The second-order valence-electron chi connectivity index (χ2n) is 9.52. The van der Waals surface area contributed by atoms with Crippen LogP contribution in [0.15, 0.2) is 66.9 Å². The summed E-state index contributed by atoms with van der Waals surface area (Å²) in [5, 5.41) is 18.0. The predicted octanol–water partition coefficient (Wildman–Crippen LogP) is 3.80. The van der Waals surface area contributed by atoms with Crippen LogP contribution in [0.2, 0.25) is 0 Å². The highest BCUT2D eigenvalue weighted by atomic mass is 19.1. The fourth-order valence-corrected chi connectivity index (χ4v) is 3.49. The highest BCUT2D eigenvalue weighted by Crippen LogP contribution is 2.22. The Kier molecular flexibility index (Phi) is 12.0. The lowest BCUT2D eigenvalue weighted by atomic mass is 10.2.